The minimum atomic E-state index is -0.875. The van der Waals surface area contributed by atoms with Crippen molar-refractivity contribution in [3.05, 3.63) is 41.0 Å². The Morgan fingerprint density at radius 1 is 1.29 bits per heavy atom. The maximum absolute atomic E-state index is 13.1. The smallest absolute Gasteiger partial charge is 0.327 e. The second-order valence-corrected chi connectivity index (χ2v) is 8.89. The third kappa shape index (κ3) is 3.68. The van der Waals surface area contributed by atoms with Crippen molar-refractivity contribution >= 4 is 46.6 Å². The second kappa shape index (κ2) is 8.69. The average Bonchev–Trinajstić information content (AvgIpc) is 3.23. The minimum absolute atomic E-state index is 0.107. The van der Waals surface area contributed by atoms with Crippen LogP contribution in [0.25, 0.3) is 22.4 Å². The molecule has 10 nitrogen and oxygen atoms in total. The second-order valence-electron chi connectivity index (χ2n) is 8.51. The van der Waals surface area contributed by atoms with E-state index in [9.17, 15) is 14.4 Å². The molecule has 0 radical (unpaired) electrons. The number of hydrogen-bond acceptors (Lipinski definition) is 8. The molecule has 4 amide bonds. The summed E-state index contributed by atoms with van der Waals surface area (Å²) in [6.45, 7) is 4.34. The summed E-state index contributed by atoms with van der Waals surface area (Å²) in [6, 6.07) is 6.17. The molecule has 0 bridgehead atoms. The molecule has 1 fully saturated rings. The molecule has 3 aromatic rings. The lowest BCUT2D eigenvalue weighted by Gasteiger charge is -2.50. The van der Waals surface area contributed by atoms with Gasteiger partial charge in [0.05, 0.1) is 40.9 Å². The number of amides is 4. The highest BCUT2D eigenvalue weighted by molar-refractivity contribution is 6.38. The Bertz CT molecular complexity index is 1280. The summed E-state index contributed by atoms with van der Waals surface area (Å²) in [7, 11) is 0. The van der Waals surface area contributed by atoms with Gasteiger partial charge >= 0.3 is 6.03 Å². The fourth-order valence-electron chi connectivity index (χ4n) is 5.06. The number of carbonyl (C=O) groups excluding carboxylic acids is 3. The van der Waals surface area contributed by atoms with Gasteiger partial charge in [0.15, 0.2) is 5.58 Å². The number of pyridine rings is 1. The summed E-state index contributed by atoms with van der Waals surface area (Å²) >= 11 is 6.89. The van der Waals surface area contributed by atoms with Crippen molar-refractivity contribution in [3.63, 3.8) is 0 Å². The normalized spacial score (nSPS) is 23.7. The van der Waals surface area contributed by atoms with Crippen LogP contribution >= 0.6 is 11.6 Å². The van der Waals surface area contributed by atoms with Crippen LogP contribution in [0.5, 0.6) is 0 Å². The Labute approximate surface area is 199 Å². The van der Waals surface area contributed by atoms with Crippen molar-refractivity contribution in [2.24, 2.45) is 5.92 Å². The number of rotatable bonds is 3. The van der Waals surface area contributed by atoms with E-state index in [0.717, 1.165) is 11.3 Å². The molecule has 5 rings (SSSR count). The molecule has 2 N–H and O–H groups in total. The lowest BCUT2D eigenvalue weighted by atomic mass is 9.80. The van der Waals surface area contributed by atoms with Gasteiger partial charge in [-0.25, -0.2) is 4.79 Å². The van der Waals surface area contributed by atoms with Gasteiger partial charge in [-0.3, -0.25) is 25.2 Å². The topological polar surface area (TPSA) is 127 Å². The number of ether oxygens (including phenoxy) is 1. The summed E-state index contributed by atoms with van der Waals surface area (Å²) in [5.74, 6) is -1.13. The SMILES string of the molecule is C[C@@H]1CN2c3c(cc4c(-c5ccccn5)noc4c3Cl)CC(C(=O)NC(=O)NC=O)[C@H]2[C@H](C)O1. The number of carbonyl (C=O) groups is 3. The Morgan fingerprint density at radius 3 is 2.85 bits per heavy atom. The summed E-state index contributed by atoms with van der Waals surface area (Å²) < 4.78 is 11.7. The van der Waals surface area contributed by atoms with E-state index < -0.39 is 17.9 Å². The van der Waals surface area contributed by atoms with Gasteiger partial charge in [0, 0.05) is 12.7 Å². The average molecular weight is 484 g/mol. The van der Waals surface area contributed by atoms with E-state index in [-0.39, 0.29) is 24.7 Å². The predicted molar refractivity (Wildman–Crippen MR) is 123 cm³/mol. The number of halogens is 1. The highest BCUT2D eigenvalue weighted by Crippen LogP contribution is 2.47. The van der Waals surface area contributed by atoms with Gasteiger partial charge in [-0.05, 0) is 44.0 Å². The first-order valence-corrected chi connectivity index (χ1v) is 11.3. The molecule has 4 heterocycles. The summed E-state index contributed by atoms with van der Waals surface area (Å²) in [5.41, 5.74) is 3.23. The van der Waals surface area contributed by atoms with Gasteiger partial charge in [-0.15, -0.1) is 0 Å². The van der Waals surface area contributed by atoms with E-state index in [1.165, 1.54) is 0 Å². The van der Waals surface area contributed by atoms with Crippen LogP contribution in [0, 0.1) is 5.92 Å². The van der Waals surface area contributed by atoms with Crippen LogP contribution in [0.1, 0.15) is 19.4 Å². The zero-order valence-electron chi connectivity index (χ0n) is 18.4. The van der Waals surface area contributed by atoms with E-state index in [0.29, 0.717) is 40.3 Å². The van der Waals surface area contributed by atoms with Crippen LogP contribution in [0.15, 0.2) is 35.0 Å². The number of imide groups is 2. The van der Waals surface area contributed by atoms with Crippen LogP contribution in [0.2, 0.25) is 5.02 Å². The summed E-state index contributed by atoms with van der Waals surface area (Å²) in [5, 5.41) is 9.50. The summed E-state index contributed by atoms with van der Waals surface area (Å²) in [6.07, 6.45) is 1.78. The highest BCUT2D eigenvalue weighted by atomic mass is 35.5. The first-order valence-electron chi connectivity index (χ1n) is 10.9. The van der Waals surface area contributed by atoms with Crippen LogP contribution in [0.3, 0.4) is 0 Å². The number of hydrogen-bond donors (Lipinski definition) is 2. The Balaban J connectivity index is 1.63. The zero-order chi connectivity index (χ0) is 24.0. The molecule has 2 aliphatic heterocycles. The van der Waals surface area contributed by atoms with Crippen molar-refractivity contribution in [2.45, 2.75) is 38.5 Å². The first kappa shape index (κ1) is 22.3. The Hall–Kier alpha value is -3.50. The molecule has 4 atom stereocenters. The molecule has 11 heteroatoms. The third-order valence-electron chi connectivity index (χ3n) is 6.31. The minimum Gasteiger partial charge on any atom is -0.372 e. The van der Waals surface area contributed by atoms with E-state index in [1.807, 2.05) is 43.4 Å². The molecule has 34 heavy (non-hydrogen) atoms. The number of morpholine rings is 1. The van der Waals surface area contributed by atoms with Crippen molar-refractivity contribution < 1.29 is 23.6 Å². The standard InChI is InChI=1S/C23H22ClN5O5/c1-11-9-29-19(12(2)33-11)15(22(31)27-23(32)26-10-30)8-13-7-14-18(16-5-3-4-6-25-16)28-34-21(14)17(24)20(13)29/h3-7,10-12,15,19H,8-9H2,1-2H3,(H2,26,27,30,31,32)/t11-,12+,15?,19-/m1/s1. The van der Waals surface area contributed by atoms with E-state index in [2.05, 4.69) is 20.4 Å². The molecular formula is C23H22ClN5O5. The fraction of sp³-hybridized carbons (Fsp3) is 0.348. The largest absolute Gasteiger partial charge is 0.372 e. The number of urea groups is 1. The van der Waals surface area contributed by atoms with E-state index in [1.54, 1.807) is 6.20 Å². The number of benzene rings is 1. The number of fused-ring (bicyclic) bond motifs is 4. The molecule has 1 aromatic carbocycles. The lowest BCUT2D eigenvalue weighted by molar-refractivity contribution is -0.128. The lowest BCUT2D eigenvalue weighted by Crippen LogP contribution is -2.62. The van der Waals surface area contributed by atoms with Crippen molar-refractivity contribution in [2.75, 3.05) is 11.4 Å². The molecule has 2 aromatic heterocycles. The van der Waals surface area contributed by atoms with Gasteiger partial charge in [0.1, 0.15) is 10.7 Å². The van der Waals surface area contributed by atoms with Crippen molar-refractivity contribution in [1.82, 2.24) is 20.8 Å². The number of anilines is 1. The molecular weight excluding hydrogens is 462 g/mol. The molecule has 176 valence electrons. The number of nitrogens with one attached hydrogen (secondary N) is 2. The van der Waals surface area contributed by atoms with E-state index in [4.69, 9.17) is 20.9 Å². The van der Waals surface area contributed by atoms with E-state index >= 15 is 0 Å². The molecule has 0 saturated carbocycles. The van der Waals surface area contributed by atoms with Gasteiger partial charge in [-0.2, -0.15) is 0 Å². The van der Waals surface area contributed by atoms with Crippen LogP contribution in [-0.2, 0) is 20.7 Å². The van der Waals surface area contributed by atoms with Crippen LogP contribution < -0.4 is 15.5 Å². The molecule has 0 spiro atoms. The Kier molecular flexibility index (Phi) is 5.70. The van der Waals surface area contributed by atoms with Gasteiger partial charge < -0.3 is 14.2 Å². The van der Waals surface area contributed by atoms with Gasteiger partial charge in [0.25, 0.3) is 0 Å². The van der Waals surface area contributed by atoms with Gasteiger partial charge in [-0.1, -0.05) is 22.8 Å². The maximum atomic E-state index is 13.1. The Morgan fingerprint density at radius 2 is 2.12 bits per heavy atom. The first-order chi connectivity index (χ1) is 16.4. The predicted octanol–water partition coefficient (Wildman–Crippen LogP) is 2.68. The number of aromatic nitrogens is 2. The monoisotopic (exact) mass is 483 g/mol. The molecule has 0 aliphatic carbocycles. The molecule has 1 unspecified atom stereocenters. The number of nitrogens with zero attached hydrogens (tertiary/aromatic N) is 3. The quantitative estimate of drug-likeness (QED) is 0.544. The summed E-state index contributed by atoms with van der Waals surface area (Å²) in [4.78, 5) is 42.0. The van der Waals surface area contributed by atoms with Crippen LogP contribution in [0.4, 0.5) is 10.5 Å². The highest BCUT2D eigenvalue weighted by Gasteiger charge is 2.47. The third-order valence-corrected chi connectivity index (χ3v) is 6.66. The van der Waals surface area contributed by atoms with Gasteiger partial charge in [0.2, 0.25) is 12.3 Å². The van der Waals surface area contributed by atoms with Crippen molar-refractivity contribution in [1.29, 1.82) is 0 Å². The van der Waals surface area contributed by atoms with Crippen LogP contribution in [-0.4, -0.2) is 53.3 Å². The molecule has 1 saturated heterocycles. The maximum Gasteiger partial charge on any atom is 0.327 e. The fourth-order valence-corrected chi connectivity index (χ4v) is 5.43. The zero-order valence-corrected chi connectivity index (χ0v) is 19.2. The molecule has 2 aliphatic rings. The van der Waals surface area contributed by atoms with Crippen molar-refractivity contribution in [3.8, 4) is 11.4 Å².